The molecule has 5 N–H and O–H groups in total. The highest BCUT2D eigenvalue weighted by Gasteiger charge is 2.47. The predicted molar refractivity (Wildman–Crippen MR) is 167 cm³/mol. The number of urea groups is 1. The molecule has 1 saturated carbocycles. The van der Waals surface area contributed by atoms with Gasteiger partial charge in [0, 0.05) is 6.54 Å². The number of benzene rings is 1. The molecule has 2 aliphatic rings. The molecule has 1 heterocycles. The number of amides is 5. The van der Waals surface area contributed by atoms with E-state index in [0.717, 1.165) is 24.8 Å². The van der Waals surface area contributed by atoms with Crippen LogP contribution in [0.4, 0.5) is 4.79 Å². The fourth-order valence-electron chi connectivity index (χ4n) is 6.00. The molecule has 5 unspecified atom stereocenters. The van der Waals surface area contributed by atoms with Gasteiger partial charge in [0.2, 0.25) is 17.6 Å². The molecule has 248 valence electrons. The Bertz CT molecular complexity index is 1240. The average molecular weight is 628 g/mol. The Labute approximate surface area is 265 Å². The van der Waals surface area contributed by atoms with Crippen LogP contribution in [-0.2, 0) is 28.7 Å². The highest BCUT2D eigenvalue weighted by atomic mass is 16.5. The summed E-state index contributed by atoms with van der Waals surface area (Å²) >= 11 is 0. The summed E-state index contributed by atoms with van der Waals surface area (Å²) in [4.78, 5) is 79.1. The van der Waals surface area contributed by atoms with Crippen LogP contribution in [0.2, 0.25) is 0 Å². The van der Waals surface area contributed by atoms with Crippen molar-refractivity contribution in [1.82, 2.24) is 20.9 Å². The molecule has 1 aromatic rings. The van der Waals surface area contributed by atoms with Crippen molar-refractivity contribution >= 4 is 35.5 Å². The van der Waals surface area contributed by atoms with Gasteiger partial charge in [-0.3, -0.25) is 24.0 Å². The van der Waals surface area contributed by atoms with E-state index in [4.69, 9.17) is 10.5 Å². The number of hydrogen-bond donors (Lipinski definition) is 4. The molecule has 1 saturated heterocycles. The fourth-order valence-corrected chi connectivity index (χ4v) is 6.00. The standard InChI is InChI=1S/C33H49N5O7/c1-19(2)23-15-16-38(26(23)30(42)36-24(27(40)29(34)41)17-21-11-10-12-21)31(43)28(33(4,5)6)37-32(44)35-18-25(39)45-20(3)22-13-8-7-9-14-22/h7-9,13-14,19-21,23-24,26,28H,10-12,15-18H2,1-6H3,(H2,34,41)(H,36,42)(H2,35,37,44). The maximum Gasteiger partial charge on any atom is 0.326 e. The Morgan fingerprint density at radius 2 is 1.62 bits per heavy atom. The van der Waals surface area contributed by atoms with Crippen LogP contribution in [0, 0.1) is 23.2 Å². The maximum absolute atomic E-state index is 14.1. The van der Waals surface area contributed by atoms with Crippen molar-refractivity contribution in [3.05, 3.63) is 35.9 Å². The van der Waals surface area contributed by atoms with Crippen molar-refractivity contribution in [1.29, 1.82) is 0 Å². The number of nitrogens with two attached hydrogens (primary N) is 1. The highest BCUT2D eigenvalue weighted by molar-refractivity contribution is 6.37. The molecule has 5 amide bonds. The van der Waals surface area contributed by atoms with Crippen molar-refractivity contribution in [3.8, 4) is 0 Å². The first-order valence-electron chi connectivity index (χ1n) is 15.8. The molecule has 3 rings (SSSR count). The van der Waals surface area contributed by atoms with E-state index in [0.29, 0.717) is 12.8 Å². The normalized spacial score (nSPS) is 20.4. The Hall–Kier alpha value is -3.96. The van der Waals surface area contributed by atoms with Crippen LogP contribution in [-0.4, -0.2) is 71.6 Å². The van der Waals surface area contributed by atoms with E-state index in [-0.39, 0.29) is 24.3 Å². The van der Waals surface area contributed by atoms with E-state index in [1.54, 1.807) is 27.7 Å². The highest BCUT2D eigenvalue weighted by Crippen LogP contribution is 2.34. The van der Waals surface area contributed by atoms with Crippen LogP contribution in [0.1, 0.15) is 85.3 Å². The van der Waals surface area contributed by atoms with Crippen LogP contribution < -0.4 is 21.7 Å². The Morgan fingerprint density at radius 1 is 0.978 bits per heavy atom. The Kier molecular flexibility index (Phi) is 12.1. The number of nitrogens with zero attached hydrogens (tertiary/aromatic N) is 1. The quantitative estimate of drug-likeness (QED) is 0.192. The van der Waals surface area contributed by atoms with Gasteiger partial charge in [-0.25, -0.2) is 4.79 Å². The number of carbonyl (C=O) groups excluding carboxylic acids is 6. The summed E-state index contributed by atoms with van der Waals surface area (Å²) in [6, 6.07) is 5.44. The molecule has 1 aromatic carbocycles. The van der Waals surface area contributed by atoms with Gasteiger partial charge >= 0.3 is 12.0 Å². The first-order valence-corrected chi connectivity index (χ1v) is 15.8. The third-order valence-corrected chi connectivity index (χ3v) is 8.88. The number of nitrogens with one attached hydrogen (secondary N) is 3. The summed E-state index contributed by atoms with van der Waals surface area (Å²) in [6.07, 6.45) is 3.20. The van der Waals surface area contributed by atoms with Crippen molar-refractivity contribution in [2.24, 2.45) is 28.9 Å². The minimum atomic E-state index is -1.11. The van der Waals surface area contributed by atoms with Crippen LogP contribution >= 0.6 is 0 Å². The molecule has 0 radical (unpaired) electrons. The third kappa shape index (κ3) is 9.51. The van der Waals surface area contributed by atoms with Gasteiger partial charge in [0.05, 0.1) is 6.04 Å². The van der Waals surface area contributed by atoms with Gasteiger partial charge in [-0.2, -0.15) is 0 Å². The van der Waals surface area contributed by atoms with Crippen molar-refractivity contribution in [2.45, 2.75) is 97.9 Å². The second-order valence-electron chi connectivity index (χ2n) is 13.7. The number of rotatable bonds is 13. The largest absolute Gasteiger partial charge is 0.456 e. The Balaban J connectivity index is 1.71. The zero-order valence-corrected chi connectivity index (χ0v) is 27.3. The molecule has 1 aliphatic carbocycles. The van der Waals surface area contributed by atoms with Gasteiger partial charge in [-0.05, 0) is 48.5 Å². The van der Waals surface area contributed by atoms with E-state index < -0.39 is 71.7 Å². The molecule has 12 heteroatoms. The average Bonchev–Trinajstić information content (AvgIpc) is 3.41. The van der Waals surface area contributed by atoms with Crippen LogP contribution in [0.25, 0.3) is 0 Å². The fraction of sp³-hybridized carbons (Fsp3) is 0.636. The lowest BCUT2D eigenvalue weighted by Gasteiger charge is -2.37. The van der Waals surface area contributed by atoms with Gasteiger partial charge in [-0.15, -0.1) is 0 Å². The van der Waals surface area contributed by atoms with Gasteiger partial charge < -0.3 is 31.3 Å². The first-order chi connectivity index (χ1) is 21.1. The Morgan fingerprint density at radius 3 is 2.16 bits per heavy atom. The lowest BCUT2D eigenvalue weighted by atomic mass is 9.80. The lowest BCUT2D eigenvalue weighted by molar-refractivity contribution is -0.147. The molecular weight excluding hydrogens is 578 g/mol. The summed E-state index contributed by atoms with van der Waals surface area (Å²) in [7, 11) is 0. The number of Topliss-reactive ketones (excluding diaryl/α,β-unsaturated/α-hetero) is 1. The molecule has 12 nitrogen and oxygen atoms in total. The lowest BCUT2D eigenvalue weighted by Crippen LogP contribution is -2.61. The molecular formula is C33H49N5O7. The topological polar surface area (TPSA) is 177 Å². The van der Waals surface area contributed by atoms with Gasteiger partial charge in [0.15, 0.2) is 0 Å². The second kappa shape index (κ2) is 15.4. The molecule has 5 atom stereocenters. The van der Waals surface area contributed by atoms with E-state index >= 15 is 0 Å². The number of likely N-dealkylation sites (tertiary alicyclic amines) is 1. The number of primary amides is 1. The van der Waals surface area contributed by atoms with E-state index in [9.17, 15) is 28.8 Å². The summed E-state index contributed by atoms with van der Waals surface area (Å²) in [5, 5.41) is 7.92. The predicted octanol–water partition coefficient (Wildman–Crippen LogP) is 2.61. The molecule has 0 bridgehead atoms. The molecule has 0 aromatic heterocycles. The van der Waals surface area contributed by atoms with Crippen molar-refractivity contribution < 1.29 is 33.5 Å². The molecule has 0 spiro atoms. The van der Waals surface area contributed by atoms with Crippen LogP contribution in [0.15, 0.2) is 30.3 Å². The first kappa shape index (κ1) is 35.5. The van der Waals surface area contributed by atoms with Crippen LogP contribution in [0.3, 0.4) is 0 Å². The summed E-state index contributed by atoms with van der Waals surface area (Å²) < 4.78 is 5.41. The minimum Gasteiger partial charge on any atom is -0.456 e. The van der Waals surface area contributed by atoms with Gasteiger partial charge in [-0.1, -0.05) is 84.2 Å². The summed E-state index contributed by atoms with van der Waals surface area (Å²) in [5.41, 5.74) is 5.35. The molecule has 45 heavy (non-hydrogen) atoms. The third-order valence-electron chi connectivity index (χ3n) is 8.88. The molecule has 2 fully saturated rings. The summed E-state index contributed by atoms with van der Waals surface area (Å²) in [6.45, 7) is 10.9. The smallest absolute Gasteiger partial charge is 0.326 e. The number of carbonyl (C=O) groups is 6. The zero-order chi connectivity index (χ0) is 33.5. The zero-order valence-electron chi connectivity index (χ0n) is 27.3. The van der Waals surface area contributed by atoms with E-state index in [1.165, 1.54) is 4.90 Å². The summed E-state index contributed by atoms with van der Waals surface area (Å²) in [5.74, 6) is -3.55. The minimum absolute atomic E-state index is 0.0316. The van der Waals surface area contributed by atoms with Crippen molar-refractivity contribution in [3.63, 3.8) is 0 Å². The monoisotopic (exact) mass is 627 g/mol. The van der Waals surface area contributed by atoms with Gasteiger partial charge in [0.25, 0.3) is 5.91 Å². The maximum atomic E-state index is 14.1. The molecule has 1 aliphatic heterocycles. The number of esters is 1. The van der Waals surface area contributed by atoms with E-state index in [1.807, 2.05) is 44.2 Å². The second-order valence-corrected chi connectivity index (χ2v) is 13.7. The van der Waals surface area contributed by atoms with Crippen molar-refractivity contribution in [2.75, 3.05) is 13.1 Å². The SMILES string of the molecule is CC(OC(=O)CNC(=O)NC(C(=O)N1CCC(C(C)C)C1C(=O)NC(CC1CCC1)C(=O)C(N)=O)C(C)(C)C)c1ccccc1. The number of ketones is 1. The number of ether oxygens (including phenoxy) is 1. The number of hydrogen-bond acceptors (Lipinski definition) is 7. The van der Waals surface area contributed by atoms with E-state index in [2.05, 4.69) is 16.0 Å². The van der Waals surface area contributed by atoms with Crippen LogP contribution in [0.5, 0.6) is 0 Å². The van der Waals surface area contributed by atoms with Gasteiger partial charge in [0.1, 0.15) is 24.7 Å².